The fourth-order valence-electron chi connectivity index (χ4n) is 3.60. The zero-order valence-electron chi connectivity index (χ0n) is 18.9. The van der Waals surface area contributed by atoms with Crippen LogP contribution >= 0.6 is 0 Å². The lowest BCUT2D eigenvalue weighted by Crippen LogP contribution is -2.18. The Kier molecular flexibility index (Phi) is 5.84. The molecule has 1 heterocycles. The Morgan fingerprint density at radius 1 is 0.944 bits per heavy atom. The SMILES string of the molecule is Cc1ccc(S(=O)(=O)OC2(c3nnc(-c4ccccc4Nc4ccc(C(F)(F)F)cc4)o3)CC2)cc1. The highest BCUT2D eigenvalue weighted by Gasteiger charge is 2.54. The molecule has 0 radical (unpaired) electrons. The summed E-state index contributed by atoms with van der Waals surface area (Å²) in [6, 6.07) is 17.8. The summed E-state index contributed by atoms with van der Waals surface area (Å²) >= 11 is 0. The lowest BCUT2D eigenvalue weighted by Gasteiger charge is -2.13. The number of rotatable bonds is 7. The lowest BCUT2D eigenvalue weighted by atomic mass is 10.1. The monoisotopic (exact) mass is 515 g/mol. The Balaban J connectivity index is 1.38. The van der Waals surface area contributed by atoms with Gasteiger partial charge in [0.1, 0.15) is 0 Å². The van der Waals surface area contributed by atoms with Gasteiger partial charge in [0, 0.05) is 5.69 Å². The van der Waals surface area contributed by atoms with Crippen LogP contribution in [-0.4, -0.2) is 18.6 Å². The van der Waals surface area contributed by atoms with Gasteiger partial charge in [-0.1, -0.05) is 29.8 Å². The molecule has 5 rings (SSSR count). The van der Waals surface area contributed by atoms with Crippen LogP contribution in [0.2, 0.25) is 0 Å². The molecule has 0 spiro atoms. The highest BCUT2D eigenvalue weighted by Crippen LogP contribution is 2.51. The standard InChI is InChI=1S/C25H20F3N3O4S/c1-16-6-12-19(13-7-16)36(32,33)35-24(14-15-24)23-31-30-22(34-23)20-4-2-3-5-21(20)29-18-10-8-17(9-11-18)25(26,27)28/h2-13,29H,14-15H2,1H3. The first-order valence-corrected chi connectivity index (χ1v) is 12.4. The highest BCUT2D eigenvalue weighted by molar-refractivity contribution is 7.86. The second-order valence-corrected chi connectivity index (χ2v) is 10.0. The van der Waals surface area contributed by atoms with Gasteiger partial charge in [-0.25, -0.2) is 4.18 Å². The third-order valence-corrected chi connectivity index (χ3v) is 7.13. The smallest absolute Gasteiger partial charge is 0.416 e. The Hall–Kier alpha value is -3.70. The minimum Gasteiger partial charge on any atom is -0.417 e. The fourth-order valence-corrected chi connectivity index (χ4v) is 4.83. The fraction of sp³-hybridized carbons (Fsp3) is 0.200. The van der Waals surface area contributed by atoms with Gasteiger partial charge in [-0.15, -0.1) is 10.2 Å². The molecule has 4 aromatic rings. The summed E-state index contributed by atoms with van der Waals surface area (Å²) in [6.07, 6.45) is -3.64. The molecule has 1 fully saturated rings. The number of aromatic nitrogens is 2. The molecule has 0 amide bonds. The number of alkyl halides is 3. The summed E-state index contributed by atoms with van der Waals surface area (Å²) in [5.41, 5.74) is 0.378. The number of halogens is 3. The van der Waals surface area contributed by atoms with E-state index in [2.05, 4.69) is 15.5 Å². The number of nitrogens with zero attached hydrogens (tertiary/aromatic N) is 2. The summed E-state index contributed by atoms with van der Waals surface area (Å²) in [5.74, 6) is 0.153. The number of anilines is 2. The Morgan fingerprint density at radius 3 is 2.25 bits per heavy atom. The van der Waals surface area contributed by atoms with Gasteiger partial charge in [0.15, 0.2) is 5.60 Å². The second kappa shape index (κ2) is 8.75. The van der Waals surface area contributed by atoms with Gasteiger partial charge in [-0.05, 0) is 68.3 Å². The molecule has 0 bridgehead atoms. The summed E-state index contributed by atoms with van der Waals surface area (Å²) < 4.78 is 75.5. The maximum Gasteiger partial charge on any atom is 0.416 e. The molecule has 36 heavy (non-hydrogen) atoms. The van der Waals surface area contributed by atoms with Crippen LogP contribution < -0.4 is 5.32 Å². The number of nitrogens with one attached hydrogen (secondary N) is 1. The highest BCUT2D eigenvalue weighted by atomic mass is 32.2. The third kappa shape index (κ3) is 4.84. The van der Waals surface area contributed by atoms with Crippen molar-refractivity contribution in [3.05, 3.63) is 89.8 Å². The van der Waals surface area contributed by atoms with Crippen LogP contribution in [0.15, 0.2) is 82.1 Å². The minimum absolute atomic E-state index is 0.0326. The number of benzene rings is 3. The van der Waals surface area contributed by atoms with Crippen LogP contribution in [0, 0.1) is 6.92 Å². The van der Waals surface area contributed by atoms with E-state index in [1.165, 1.54) is 24.3 Å². The first kappa shape index (κ1) is 24.0. The Labute approximate surface area is 205 Å². The van der Waals surface area contributed by atoms with E-state index in [4.69, 9.17) is 8.60 Å². The van der Waals surface area contributed by atoms with Crippen molar-refractivity contribution >= 4 is 21.5 Å². The molecule has 1 aliphatic carbocycles. The van der Waals surface area contributed by atoms with E-state index in [0.29, 0.717) is 29.8 Å². The molecule has 0 atom stereocenters. The molecule has 1 N–H and O–H groups in total. The molecule has 186 valence electrons. The quantitative estimate of drug-likeness (QED) is 0.293. The summed E-state index contributed by atoms with van der Waals surface area (Å²) in [6.45, 7) is 1.85. The van der Waals surface area contributed by atoms with Crippen LogP contribution in [0.4, 0.5) is 24.5 Å². The maximum atomic E-state index is 12.9. The average Bonchev–Trinajstić information content (AvgIpc) is 3.42. The second-order valence-electron chi connectivity index (χ2n) is 8.50. The van der Waals surface area contributed by atoms with E-state index in [0.717, 1.165) is 17.7 Å². The largest absolute Gasteiger partial charge is 0.417 e. The molecule has 0 aliphatic heterocycles. The van der Waals surface area contributed by atoms with Crippen molar-refractivity contribution in [2.45, 2.75) is 36.4 Å². The molecule has 0 saturated heterocycles. The third-order valence-electron chi connectivity index (χ3n) is 5.75. The van der Waals surface area contributed by atoms with Crippen LogP contribution in [-0.2, 0) is 26.1 Å². The molecule has 11 heteroatoms. The van der Waals surface area contributed by atoms with E-state index in [-0.39, 0.29) is 16.7 Å². The zero-order valence-corrected chi connectivity index (χ0v) is 19.7. The van der Waals surface area contributed by atoms with Crippen LogP contribution in [0.3, 0.4) is 0 Å². The molecular formula is C25H20F3N3O4S. The van der Waals surface area contributed by atoms with E-state index in [1.807, 2.05) is 6.92 Å². The first-order valence-electron chi connectivity index (χ1n) is 11.0. The summed E-state index contributed by atoms with van der Waals surface area (Å²) in [5, 5.41) is 11.2. The average molecular weight is 516 g/mol. The molecule has 1 saturated carbocycles. The number of aryl methyl sites for hydroxylation is 1. The molecule has 3 aromatic carbocycles. The van der Waals surface area contributed by atoms with Crippen molar-refractivity contribution in [1.82, 2.24) is 10.2 Å². The van der Waals surface area contributed by atoms with E-state index >= 15 is 0 Å². The van der Waals surface area contributed by atoms with Crippen molar-refractivity contribution < 1.29 is 30.2 Å². The van der Waals surface area contributed by atoms with Crippen molar-refractivity contribution in [2.24, 2.45) is 0 Å². The van der Waals surface area contributed by atoms with Crippen LogP contribution in [0.1, 0.15) is 29.9 Å². The molecular weight excluding hydrogens is 495 g/mol. The summed E-state index contributed by atoms with van der Waals surface area (Å²) in [4.78, 5) is 0.0326. The van der Waals surface area contributed by atoms with Gasteiger partial charge >= 0.3 is 6.18 Å². The first-order chi connectivity index (χ1) is 17.1. The van der Waals surface area contributed by atoms with E-state index < -0.39 is 27.5 Å². The molecule has 1 aromatic heterocycles. The van der Waals surface area contributed by atoms with E-state index in [1.54, 1.807) is 36.4 Å². The zero-order chi connectivity index (χ0) is 25.6. The normalized spacial score (nSPS) is 15.0. The molecule has 1 aliphatic rings. The van der Waals surface area contributed by atoms with Gasteiger partial charge < -0.3 is 9.73 Å². The van der Waals surface area contributed by atoms with Crippen LogP contribution in [0.5, 0.6) is 0 Å². The van der Waals surface area contributed by atoms with Gasteiger partial charge in [-0.2, -0.15) is 21.6 Å². The van der Waals surface area contributed by atoms with Crippen molar-refractivity contribution in [3.63, 3.8) is 0 Å². The topological polar surface area (TPSA) is 94.3 Å². The van der Waals surface area contributed by atoms with Crippen LogP contribution in [0.25, 0.3) is 11.5 Å². The van der Waals surface area contributed by atoms with E-state index in [9.17, 15) is 21.6 Å². The van der Waals surface area contributed by atoms with Crippen molar-refractivity contribution in [2.75, 3.05) is 5.32 Å². The van der Waals surface area contributed by atoms with Gasteiger partial charge in [0.05, 0.1) is 21.7 Å². The van der Waals surface area contributed by atoms with Crippen molar-refractivity contribution in [1.29, 1.82) is 0 Å². The number of hydrogen-bond donors (Lipinski definition) is 1. The number of para-hydroxylation sites is 1. The minimum atomic E-state index is -4.43. The summed E-state index contributed by atoms with van der Waals surface area (Å²) in [7, 11) is -4.06. The predicted octanol–water partition coefficient (Wildman–Crippen LogP) is 6.20. The molecule has 7 nitrogen and oxygen atoms in total. The van der Waals surface area contributed by atoms with Gasteiger partial charge in [0.2, 0.25) is 11.8 Å². The lowest BCUT2D eigenvalue weighted by molar-refractivity contribution is -0.137. The maximum absolute atomic E-state index is 12.9. The van der Waals surface area contributed by atoms with Crippen molar-refractivity contribution in [3.8, 4) is 11.5 Å². The number of hydrogen-bond acceptors (Lipinski definition) is 7. The van der Waals surface area contributed by atoms with Gasteiger partial charge in [-0.3, -0.25) is 0 Å². The van der Waals surface area contributed by atoms with Gasteiger partial charge in [0.25, 0.3) is 10.1 Å². The Morgan fingerprint density at radius 2 is 1.61 bits per heavy atom. The molecule has 0 unspecified atom stereocenters. The predicted molar refractivity (Wildman–Crippen MR) is 125 cm³/mol. The Bertz CT molecular complexity index is 1490.